The third-order valence-electron chi connectivity index (χ3n) is 7.93. The zero-order valence-electron chi connectivity index (χ0n) is 21.1. The van der Waals surface area contributed by atoms with E-state index < -0.39 is 35.6 Å². The lowest BCUT2D eigenvalue weighted by molar-refractivity contribution is -0.155. The third kappa shape index (κ3) is 4.79. The molecule has 2 saturated heterocycles. The largest absolute Gasteiger partial charge is 0.465 e. The van der Waals surface area contributed by atoms with Gasteiger partial charge >= 0.3 is 5.97 Å². The maximum atomic E-state index is 14.1. The second-order valence-electron chi connectivity index (χ2n) is 10.3. The minimum Gasteiger partial charge on any atom is -0.465 e. The number of aliphatic hydroxyl groups is 1. The van der Waals surface area contributed by atoms with Crippen molar-refractivity contribution >= 4 is 17.8 Å². The summed E-state index contributed by atoms with van der Waals surface area (Å²) in [5.41, 5.74) is -1.20. The molecule has 4 heterocycles. The van der Waals surface area contributed by atoms with Gasteiger partial charge in [-0.05, 0) is 51.9 Å². The van der Waals surface area contributed by atoms with Gasteiger partial charge in [0.2, 0.25) is 11.8 Å². The SMILES string of the molecule is CCCC(C)N1CC=C[C@]23O[C@H]4/C=C\CCCCOC(=O)[C@H]4[C@H]2C(=O)N(CCCCCO)C3C1=O. The molecular weight excluding hydrogens is 448 g/mol. The molecule has 2 amide bonds. The van der Waals surface area contributed by atoms with Crippen molar-refractivity contribution in [3.8, 4) is 0 Å². The van der Waals surface area contributed by atoms with E-state index in [-0.39, 0.29) is 24.5 Å². The van der Waals surface area contributed by atoms with Gasteiger partial charge in [-0.15, -0.1) is 0 Å². The zero-order valence-corrected chi connectivity index (χ0v) is 21.1. The summed E-state index contributed by atoms with van der Waals surface area (Å²) in [7, 11) is 0. The quantitative estimate of drug-likeness (QED) is 0.321. The van der Waals surface area contributed by atoms with Crippen molar-refractivity contribution < 1.29 is 29.0 Å². The first-order valence-electron chi connectivity index (χ1n) is 13.4. The van der Waals surface area contributed by atoms with Crippen LogP contribution in [0.4, 0.5) is 0 Å². The van der Waals surface area contributed by atoms with Crippen LogP contribution in [0, 0.1) is 11.8 Å². The number of nitrogens with zero attached hydrogens (tertiary/aromatic N) is 2. The molecule has 0 radical (unpaired) electrons. The van der Waals surface area contributed by atoms with Crippen LogP contribution in [0.15, 0.2) is 24.3 Å². The highest BCUT2D eigenvalue weighted by Crippen LogP contribution is 2.53. The normalized spacial score (nSPS) is 34.7. The van der Waals surface area contributed by atoms with Crippen molar-refractivity contribution in [3.05, 3.63) is 24.3 Å². The van der Waals surface area contributed by atoms with Crippen molar-refractivity contribution in [2.24, 2.45) is 11.8 Å². The topological polar surface area (TPSA) is 96.4 Å². The van der Waals surface area contributed by atoms with Gasteiger partial charge in [-0.1, -0.05) is 37.6 Å². The Morgan fingerprint density at radius 2 is 1.97 bits per heavy atom. The summed E-state index contributed by atoms with van der Waals surface area (Å²) >= 11 is 0. The molecule has 0 aromatic carbocycles. The Hall–Kier alpha value is -2.19. The number of esters is 1. The van der Waals surface area contributed by atoms with Gasteiger partial charge in [-0.3, -0.25) is 14.4 Å². The Kier molecular flexibility index (Phi) is 8.32. The maximum Gasteiger partial charge on any atom is 0.312 e. The van der Waals surface area contributed by atoms with E-state index in [2.05, 4.69) is 6.92 Å². The van der Waals surface area contributed by atoms with Crippen LogP contribution >= 0.6 is 0 Å². The molecule has 8 heteroatoms. The average molecular weight is 489 g/mol. The fourth-order valence-electron chi connectivity index (χ4n) is 6.21. The maximum absolute atomic E-state index is 14.1. The van der Waals surface area contributed by atoms with Gasteiger partial charge in [0.05, 0.1) is 18.6 Å². The van der Waals surface area contributed by atoms with Crippen molar-refractivity contribution in [1.29, 1.82) is 0 Å². The van der Waals surface area contributed by atoms with Crippen molar-refractivity contribution in [1.82, 2.24) is 9.80 Å². The van der Waals surface area contributed by atoms with Gasteiger partial charge < -0.3 is 24.4 Å². The number of amides is 2. The summed E-state index contributed by atoms with van der Waals surface area (Å²) in [6.07, 6.45) is 13.6. The number of hydrogen-bond acceptors (Lipinski definition) is 6. The van der Waals surface area contributed by atoms with Crippen LogP contribution in [0.5, 0.6) is 0 Å². The number of carbonyl (C=O) groups excluding carboxylic acids is 3. The van der Waals surface area contributed by atoms with E-state index in [0.717, 1.165) is 38.5 Å². The van der Waals surface area contributed by atoms with Crippen LogP contribution in [-0.4, -0.2) is 82.8 Å². The number of cyclic esters (lactones) is 1. The third-order valence-corrected chi connectivity index (χ3v) is 7.93. The molecule has 0 bridgehead atoms. The molecule has 4 aliphatic rings. The smallest absolute Gasteiger partial charge is 0.312 e. The number of carbonyl (C=O) groups is 3. The summed E-state index contributed by atoms with van der Waals surface area (Å²) in [4.78, 5) is 44.8. The first-order valence-corrected chi connectivity index (χ1v) is 13.4. The van der Waals surface area contributed by atoms with Crippen molar-refractivity contribution in [2.45, 2.75) is 89.0 Å². The predicted molar refractivity (Wildman–Crippen MR) is 130 cm³/mol. The molecule has 4 aliphatic heterocycles. The average Bonchev–Trinajstić information content (AvgIpc) is 3.21. The predicted octanol–water partition coefficient (Wildman–Crippen LogP) is 2.60. The Morgan fingerprint density at radius 3 is 2.74 bits per heavy atom. The summed E-state index contributed by atoms with van der Waals surface area (Å²) in [6, 6.07) is -0.782. The summed E-state index contributed by atoms with van der Waals surface area (Å²) in [6.45, 7) is 5.41. The molecule has 2 fully saturated rings. The molecule has 1 N–H and O–H groups in total. The van der Waals surface area contributed by atoms with E-state index in [0.29, 0.717) is 32.5 Å². The minimum absolute atomic E-state index is 0.0321. The summed E-state index contributed by atoms with van der Waals surface area (Å²) in [5.74, 6) is -2.32. The zero-order chi connectivity index (χ0) is 25.0. The number of aliphatic hydroxyl groups excluding tert-OH is 1. The number of likely N-dealkylation sites (tertiary alicyclic amines) is 1. The van der Waals surface area contributed by atoms with E-state index in [1.807, 2.05) is 36.1 Å². The molecule has 8 nitrogen and oxygen atoms in total. The van der Waals surface area contributed by atoms with E-state index in [1.54, 1.807) is 4.90 Å². The van der Waals surface area contributed by atoms with E-state index in [4.69, 9.17) is 9.47 Å². The molecule has 0 aromatic heterocycles. The molecule has 0 aromatic rings. The van der Waals surface area contributed by atoms with E-state index >= 15 is 0 Å². The molecule has 2 unspecified atom stereocenters. The van der Waals surface area contributed by atoms with Crippen molar-refractivity contribution in [2.75, 3.05) is 26.3 Å². The van der Waals surface area contributed by atoms with Gasteiger partial charge in [-0.25, -0.2) is 0 Å². The van der Waals surface area contributed by atoms with E-state index in [9.17, 15) is 19.5 Å². The molecule has 0 saturated carbocycles. The fourth-order valence-corrected chi connectivity index (χ4v) is 6.21. The van der Waals surface area contributed by atoms with Crippen LogP contribution in [0.1, 0.15) is 65.2 Å². The highest BCUT2D eigenvalue weighted by atomic mass is 16.6. The van der Waals surface area contributed by atoms with Crippen molar-refractivity contribution in [3.63, 3.8) is 0 Å². The van der Waals surface area contributed by atoms with Gasteiger partial charge in [0.1, 0.15) is 17.6 Å². The molecule has 194 valence electrons. The second kappa shape index (κ2) is 11.2. The Labute approximate surface area is 208 Å². The molecule has 4 rings (SSSR count). The lowest BCUT2D eigenvalue weighted by atomic mass is 9.78. The highest BCUT2D eigenvalue weighted by molar-refractivity contribution is 5.99. The number of unbranched alkanes of at least 4 members (excludes halogenated alkanes) is 2. The Balaban J connectivity index is 1.74. The first-order chi connectivity index (χ1) is 17.0. The van der Waals surface area contributed by atoms with Gasteiger partial charge in [0.15, 0.2) is 0 Å². The Morgan fingerprint density at radius 1 is 1.14 bits per heavy atom. The summed E-state index contributed by atoms with van der Waals surface area (Å²) in [5, 5.41) is 9.18. The number of ether oxygens (including phenoxy) is 2. The standard InChI is InChI=1S/C27H40N2O6/c1-3-12-19(2)28-16-11-14-27-22(21-20(35-27)13-7-4-5-10-18-34-26(21)33)24(31)29(23(27)25(28)32)15-8-6-9-17-30/h7,11,13-14,19-23,30H,3-6,8-10,12,15-18H2,1-2H3/b13-7-/t19?,20-,21+,22-,23?,27-/m0/s1. The fraction of sp³-hybridized carbons (Fsp3) is 0.741. The lowest BCUT2D eigenvalue weighted by Gasteiger charge is -2.37. The van der Waals surface area contributed by atoms with E-state index in [1.165, 1.54) is 0 Å². The van der Waals surface area contributed by atoms with Gasteiger partial charge in [-0.2, -0.15) is 0 Å². The molecule has 6 atom stereocenters. The molecule has 1 spiro atoms. The number of fused-ring (bicyclic) bond motifs is 2. The highest BCUT2D eigenvalue weighted by Gasteiger charge is 2.71. The molecular formula is C27H40N2O6. The first kappa shape index (κ1) is 25.9. The second-order valence-corrected chi connectivity index (χ2v) is 10.3. The summed E-state index contributed by atoms with van der Waals surface area (Å²) < 4.78 is 12.2. The Bertz CT molecular complexity index is 857. The molecule has 35 heavy (non-hydrogen) atoms. The van der Waals surface area contributed by atoms with Crippen LogP contribution in [0.3, 0.4) is 0 Å². The molecule has 0 aliphatic carbocycles. The van der Waals surface area contributed by atoms with Gasteiger partial charge in [0.25, 0.3) is 0 Å². The monoisotopic (exact) mass is 488 g/mol. The minimum atomic E-state index is -1.20. The number of rotatable bonds is 8. The van der Waals surface area contributed by atoms with Crippen LogP contribution < -0.4 is 0 Å². The van der Waals surface area contributed by atoms with Crippen LogP contribution in [0.2, 0.25) is 0 Å². The van der Waals surface area contributed by atoms with Crippen LogP contribution in [-0.2, 0) is 23.9 Å². The number of allylic oxidation sites excluding steroid dienone is 1. The lowest BCUT2D eigenvalue weighted by Crippen LogP contribution is -2.56. The number of hydrogen-bond donors (Lipinski definition) is 1. The van der Waals surface area contributed by atoms with Gasteiger partial charge in [0, 0.05) is 25.7 Å². The van der Waals surface area contributed by atoms with Crippen LogP contribution in [0.25, 0.3) is 0 Å².